The molecule has 1 aliphatic rings. The number of rotatable bonds is 3. The van der Waals surface area contributed by atoms with Crippen LogP contribution in [0.25, 0.3) is 0 Å². The van der Waals surface area contributed by atoms with Crippen molar-refractivity contribution < 1.29 is 19.1 Å². The molecule has 1 amide bonds. The third-order valence-corrected chi connectivity index (χ3v) is 3.82. The van der Waals surface area contributed by atoms with E-state index in [0.717, 1.165) is 0 Å². The van der Waals surface area contributed by atoms with Gasteiger partial charge in [-0.15, -0.1) is 0 Å². The minimum absolute atomic E-state index is 0.0936. The molecule has 23 heavy (non-hydrogen) atoms. The molecule has 1 heterocycles. The van der Waals surface area contributed by atoms with Crippen molar-refractivity contribution in [3.63, 3.8) is 0 Å². The molecule has 0 aliphatic carbocycles. The Hall–Kier alpha value is -2.95. The number of hydrogen-bond acceptors (Lipinski definition) is 3. The van der Waals surface area contributed by atoms with Gasteiger partial charge >= 0.3 is 0 Å². The Balaban J connectivity index is 2.22. The number of aliphatic hydroxyl groups excluding tert-OH is 1. The lowest BCUT2D eigenvalue weighted by molar-refractivity contribution is -0.117. The molecule has 5 heteroatoms. The van der Waals surface area contributed by atoms with Crippen molar-refractivity contribution in [2.24, 2.45) is 0 Å². The topological polar surface area (TPSA) is 57.6 Å². The third-order valence-electron chi connectivity index (χ3n) is 3.82. The number of aliphatic hydroxyl groups is 1. The molecule has 0 saturated carbocycles. The summed E-state index contributed by atoms with van der Waals surface area (Å²) in [4.78, 5) is 25.7. The molecule has 4 nitrogen and oxygen atoms in total. The van der Waals surface area contributed by atoms with Crippen LogP contribution in [0.15, 0.2) is 65.9 Å². The van der Waals surface area contributed by atoms with Crippen molar-refractivity contribution in [1.82, 2.24) is 0 Å². The number of nitrogens with zero attached hydrogens (tertiary/aromatic N) is 1. The van der Waals surface area contributed by atoms with Crippen LogP contribution in [-0.4, -0.2) is 16.8 Å². The molecule has 1 N–H and O–H groups in total. The maximum absolute atomic E-state index is 14.3. The summed E-state index contributed by atoms with van der Waals surface area (Å²) < 4.78 is 14.3. The highest BCUT2D eigenvalue weighted by Crippen LogP contribution is 2.41. The molecule has 0 aromatic heterocycles. The summed E-state index contributed by atoms with van der Waals surface area (Å²) in [6, 6.07) is 13.5. The zero-order chi connectivity index (χ0) is 16.6. The minimum atomic E-state index is -0.983. The van der Waals surface area contributed by atoms with Crippen LogP contribution in [0.3, 0.4) is 0 Å². The summed E-state index contributed by atoms with van der Waals surface area (Å²) in [6.45, 7) is 1.25. The van der Waals surface area contributed by atoms with E-state index in [-0.39, 0.29) is 11.1 Å². The lowest BCUT2D eigenvalue weighted by Crippen LogP contribution is -2.31. The van der Waals surface area contributed by atoms with Gasteiger partial charge in [0, 0.05) is 11.3 Å². The standard InChI is InChI=1S/C18H14FNO3/c1-11(21)15-16(13-9-5-6-10-14(13)19)20(18(23)17(15)22)12-7-3-2-4-8-12/h2-10,16,22H,1H3/t16-/m0/s1. The van der Waals surface area contributed by atoms with E-state index in [1.54, 1.807) is 36.4 Å². The van der Waals surface area contributed by atoms with Crippen LogP contribution in [0.1, 0.15) is 18.5 Å². The fourth-order valence-electron chi connectivity index (χ4n) is 2.81. The van der Waals surface area contributed by atoms with E-state index in [0.29, 0.717) is 5.69 Å². The average Bonchev–Trinajstić information content (AvgIpc) is 2.80. The van der Waals surface area contributed by atoms with Crippen LogP contribution in [0.5, 0.6) is 0 Å². The molecule has 0 saturated heterocycles. The van der Waals surface area contributed by atoms with Gasteiger partial charge < -0.3 is 5.11 Å². The number of anilines is 1. The number of carbonyl (C=O) groups excluding carboxylic acids is 2. The molecule has 2 aromatic carbocycles. The predicted molar refractivity (Wildman–Crippen MR) is 83.4 cm³/mol. The van der Waals surface area contributed by atoms with Crippen molar-refractivity contribution in [1.29, 1.82) is 0 Å². The molecule has 0 fully saturated rings. The quantitative estimate of drug-likeness (QED) is 0.946. The Morgan fingerprint density at radius 2 is 1.70 bits per heavy atom. The Morgan fingerprint density at radius 3 is 2.30 bits per heavy atom. The Kier molecular flexibility index (Phi) is 3.70. The Morgan fingerprint density at radius 1 is 1.09 bits per heavy atom. The smallest absolute Gasteiger partial charge is 0.294 e. The molecule has 3 rings (SSSR count). The minimum Gasteiger partial charge on any atom is -0.503 e. The van der Waals surface area contributed by atoms with Gasteiger partial charge in [-0.05, 0) is 25.1 Å². The Bertz CT molecular complexity index is 814. The molecule has 0 bridgehead atoms. The number of ketones is 1. The molecule has 116 valence electrons. The van der Waals surface area contributed by atoms with E-state index >= 15 is 0 Å². The molecule has 2 aromatic rings. The summed E-state index contributed by atoms with van der Waals surface area (Å²) in [5.74, 6) is -2.36. The molecule has 0 unspecified atom stereocenters. The highest BCUT2D eigenvalue weighted by molar-refractivity contribution is 6.16. The molecule has 1 aliphatic heterocycles. The normalized spacial score (nSPS) is 17.7. The number of halogens is 1. The molecular formula is C18H14FNO3. The van der Waals surface area contributed by atoms with Crippen molar-refractivity contribution in [3.05, 3.63) is 77.3 Å². The van der Waals surface area contributed by atoms with Gasteiger partial charge in [0.25, 0.3) is 5.91 Å². The van der Waals surface area contributed by atoms with Crippen LogP contribution in [0.2, 0.25) is 0 Å². The second-order valence-electron chi connectivity index (χ2n) is 5.25. The highest BCUT2D eigenvalue weighted by atomic mass is 19.1. The van der Waals surface area contributed by atoms with E-state index in [2.05, 4.69) is 0 Å². The fraction of sp³-hybridized carbons (Fsp3) is 0.111. The lowest BCUT2D eigenvalue weighted by atomic mass is 9.96. The van der Waals surface area contributed by atoms with E-state index in [9.17, 15) is 19.1 Å². The van der Waals surface area contributed by atoms with Gasteiger partial charge in [-0.25, -0.2) is 4.39 Å². The van der Waals surface area contributed by atoms with Gasteiger partial charge in [0.05, 0.1) is 11.6 Å². The van der Waals surface area contributed by atoms with Gasteiger partial charge in [0.15, 0.2) is 11.5 Å². The van der Waals surface area contributed by atoms with Crippen LogP contribution in [0, 0.1) is 5.82 Å². The summed E-state index contributed by atoms with van der Waals surface area (Å²) in [7, 11) is 0. The second-order valence-corrected chi connectivity index (χ2v) is 5.25. The number of benzene rings is 2. The summed E-state index contributed by atoms with van der Waals surface area (Å²) in [5, 5.41) is 10.1. The maximum Gasteiger partial charge on any atom is 0.294 e. The first kappa shape index (κ1) is 15.0. The fourth-order valence-corrected chi connectivity index (χ4v) is 2.81. The van der Waals surface area contributed by atoms with E-state index < -0.39 is 29.3 Å². The van der Waals surface area contributed by atoms with E-state index in [1.165, 1.54) is 30.0 Å². The molecule has 1 atom stereocenters. The first-order valence-electron chi connectivity index (χ1n) is 7.09. The first-order valence-corrected chi connectivity index (χ1v) is 7.09. The van der Waals surface area contributed by atoms with Crippen molar-refractivity contribution in [3.8, 4) is 0 Å². The Labute approximate surface area is 132 Å². The monoisotopic (exact) mass is 311 g/mol. The predicted octanol–water partition coefficient (Wildman–Crippen LogP) is 3.31. The molecule has 0 spiro atoms. The zero-order valence-corrected chi connectivity index (χ0v) is 12.4. The average molecular weight is 311 g/mol. The van der Waals surface area contributed by atoms with Crippen molar-refractivity contribution in [2.45, 2.75) is 13.0 Å². The third kappa shape index (κ3) is 2.40. The van der Waals surface area contributed by atoms with Crippen molar-refractivity contribution >= 4 is 17.4 Å². The maximum atomic E-state index is 14.3. The largest absolute Gasteiger partial charge is 0.503 e. The number of amides is 1. The van der Waals surface area contributed by atoms with Crippen LogP contribution in [0.4, 0.5) is 10.1 Å². The first-order chi connectivity index (χ1) is 11.0. The molecular weight excluding hydrogens is 297 g/mol. The number of Topliss-reactive ketones (excluding diaryl/α,β-unsaturated/α-hetero) is 1. The molecule has 0 radical (unpaired) electrons. The van der Waals surface area contributed by atoms with Crippen LogP contribution < -0.4 is 4.90 Å². The van der Waals surface area contributed by atoms with Gasteiger partial charge in [0.2, 0.25) is 0 Å². The van der Waals surface area contributed by atoms with Crippen molar-refractivity contribution in [2.75, 3.05) is 4.90 Å². The number of carbonyl (C=O) groups is 2. The van der Waals surface area contributed by atoms with Gasteiger partial charge in [-0.3, -0.25) is 14.5 Å². The summed E-state index contributed by atoms with van der Waals surface area (Å²) >= 11 is 0. The summed E-state index contributed by atoms with van der Waals surface area (Å²) in [6.07, 6.45) is 0. The van der Waals surface area contributed by atoms with Gasteiger partial charge in [-0.1, -0.05) is 36.4 Å². The van der Waals surface area contributed by atoms with E-state index in [4.69, 9.17) is 0 Å². The van der Waals surface area contributed by atoms with Gasteiger partial charge in [0.1, 0.15) is 5.82 Å². The SMILES string of the molecule is CC(=O)C1=C(O)C(=O)N(c2ccccc2)[C@H]1c1ccccc1F. The summed E-state index contributed by atoms with van der Waals surface area (Å²) in [5.41, 5.74) is 0.552. The number of para-hydroxylation sites is 1. The zero-order valence-electron chi connectivity index (χ0n) is 12.4. The number of hydrogen-bond donors (Lipinski definition) is 1. The van der Waals surface area contributed by atoms with Crippen LogP contribution in [-0.2, 0) is 9.59 Å². The van der Waals surface area contributed by atoms with Gasteiger partial charge in [-0.2, -0.15) is 0 Å². The van der Waals surface area contributed by atoms with E-state index in [1.807, 2.05) is 0 Å². The lowest BCUT2D eigenvalue weighted by Gasteiger charge is -2.26. The van der Waals surface area contributed by atoms with Crippen LogP contribution >= 0.6 is 0 Å². The second kappa shape index (κ2) is 5.68. The highest BCUT2D eigenvalue weighted by Gasteiger charge is 2.44.